The number of rotatable bonds is 4. The molecular formula is C14H21N3O3. The topological polar surface area (TPSA) is 73.2 Å². The molecule has 1 N–H and O–H groups in total. The number of hydrazone groups is 1. The highest BCUT2D eigenvalue weighted by molar-refractivity contribution is 6.06. The maximum Gasteiger partial charge on any atom is 0.407 e. The monoisotopic (exact) mass is 279 g/mol. The molecule has 2 saturated carbocycles. The van der Waals surface area contributed by atoms with Gasteiger partial charge in [0.15, 0.2) is 0 Å². The van der Waals surface area contributed by atoms with E-state index in [1.807, 2.05) is 0 Å². The minimum absolute atomic E-state index is 0.0153. The van der Waals surface area contributed by atoms with E-state index < -0.39 is 6.09 Å². The Kier molecular flexibility index (Phi) is 3.40. The number of carbonyl (C=O) groups excluding carboxylic acids is 1. The van der Waals surface area contributed by atoms with Crippen molar-refractivity contribution in [3.05, 3.63) is 0 Å². The predicted octanol–water partition coefficient (Wildman–Crippen LogP) is 1.62. The lowest BCUT2D eigenvalue weighted by atomic mass is 9.89. The molecule has 3 unspecified atom stereocenters. The van der Waals surface area contributed by atoms with Crippen LogP contribution in [0.25, 0.3) is 0 Å². The third-order valence-electron chi connectivity index (χ3n) is 4.94. The molecule has 3 aliphatic rings. The fraction of sp³-hybridized carbons (Fsp3) is 0.786. The Morgan fingerprint density at radius 1 is 1.45 bits per heavy atom. The first-order chi connectivity index (χ1) is 9.52. The second-order valence-electron chi connectivity index (χ2n) is 6.39. The van der Waals surface area contributed by atoms with Gasteiger partial charge in [-0.15, -0.1) is 0 Å². The summed E-state index contributed by atoms with van der Waals surface area (Å²) in [6.07, 6.45) is 4.48. The minimum Gasteiger partial charge on any atom is -0.465 e. The molecule has 20 heavy (non-hydrogen) atoms. The molecule has 3 atom stereocenters. The van der Waals surface area contributed by atoms with E-state index >= 15 is 0 Å². The normalized spacial score (nSPS) is 31.9. The van der Waals surface area contributed by atoms with Crippen LogP contribution < -0.4 is 0 Å². The summed E-state index contributed by atoms with van der Waals surface area (Å²) in [5, 5.41) is 14.8. The molecular weight excluding hydrogens is 258 g/mol. The molecule has 0 spiro atoms. The van der Waals surface area contributed by atoms with E-state index in [2.05, 4.69) is 5.10 Å². The minimum atomic E-state index is -0.994. The molecule has 0 radical (unpaired) electrons. The van der Waals surface area contributed by atoms with Crippen LogP contribution in [-0.2, 0) is 4.79 Å². The van der Waals surface area contributed by atoms with Crippen LogP contribution in [0.3, 0.4) is 0 Å². The van der Waals surface area contributed by atoms with Gasteiger partial charge in [0.05, 0.1) is 18.7 Å². The van der Waals surface area contributed by atoms with Gasteiger partial charge in [0.25, 0.3) is 0 Å². The molecule has 110 valence electrons. The Morgan fingerprint density at radius 3 is 2.85 bits per heavy atom. The van der Waals surface area contributed by atoms with E-state index in [4.69, 9.17) is 5.11 Å². The number of nitrogens with zero attached hydrogens (tertiary/aromatic N) is 3. The van der Waals surface area contributed by atoms with Crippen LogP contribution in [0.2, 0.25) is 0 Å². The summed E-state index contributed by atoms with van der Waals surface area (Å²) < 4.78 is 0. The first kappa shape index (κ1) is 13.4. The van der Waals surface area contributed by atoms with E-state index in [1.165, 1.54) is 32.7 Å². The third-order valence-corrected chi connectivity index (χ3v) is 4.94. The van der Waals surface area contributed by atoms with Gasteiger partial charge in [-0.25, -0.2) is 9.80 Å². The van der Waals surface area contributed by atoms with E-state index in [9.17, 15) is 9.59 Å². The van der Waals surface area contributed by atoms with Crippen LogP contribution in [0.4, 0.5) is 4.79 Å². The molecule has 2 amide bonds. The zero-order valence-electron chi connectivity index (χ0n) is 11.8. The highest BCUT2D eigenvalue weighted by Crippen LogP contribution is 2.48. The number of hydrogen-bond donors (Lipinski definition) is 1. The van der Waals surface area contributed by atoms with Crippen molar-refractivity contribution in [2.75, 3.05) is 20.1 Å². The lowest BCUT2D eigenvalue weighted by molar-refractivity contribution is -0.129. The number of fused-ring (bicyclic) bond motifs is 2. The third kappa shape index (κ3) is 2.51. The smallest absolute Gasteiger partial charge is 0.407 e. The molecule has 1 heterocycles. The fourth-order valence-corrected chi connectivity index (χ4v) is 3.92. The maximum absolute atomic E-state index is 12.0. The number of amides is 2. The first-order valence-corrected chi connectivity index (χ1v) is 7.33. The van der Waals surface area contributed by atoms with E-state index in [0.717, 1.165) is 23.3 Å². The van der Waals surface area contributed by atoms with Crippen LogP contribution in [-0.4, -0.2) is 52.9 Å². The van der Waals surface area contributed by atoms with Crippen molar-refractivity contribution in [1.29, 1.82) is 0 Å². The Hall–Kier alpha value is -1.59. The van der Waals surface area contributed by atoms with Gasteiger partial charge in [-0.3, -0.25) is 4.79 Å². The SMILES string of the molecule is CN(CC1=NN(CC2CC3CCC2C3)C(=O)C1)C(=O)O. The zero-order valence-corrected chi connectivity index (χ0v) is 11.8. The Bertz CT molecular complexity index is 463. The molecule has 0 aromatic carbocycles. The van der Waals surface area contributed by atoms with Crippen LogP contribution in [0.15, 0.2) is 5.10 Å². The van der Waals surface area contributed by atoms with E-state index in [-0.39, 0.29) is 18.9 Å². The van der Waals surface area contributed by atoms with Gasteiger partial charge in [-0.2, -0.15) is 5.10 Å². The fourth-order valence-electron chi connectivity index (χ4n) is 3.92. The quantitative estimate of drug-likeness (QED) is 0.850. The highest BCUT2D eigenvalue weighted by Gasteiger charge is 2.41. The van der Waals surface area contributed by atoms with Crippen molar-refractivity contribution in [2.24, 2.45) is 22.9 Å². The van der Waals surface area contributed by atoms with Crippen molar-refractivity contribution < 1.29 is 14.7 Å². The van der Waals surface area contributed by atoms with Gasteiger partial charge < -0.3 is 10.0 Å². The molecule has 6 heteroatoms. The summed E-state index contributed by atoms with van der Waals surface area (Å²) in [5.74, 6) is 2.25. The van der Waals surface area contributed by atoms with Crippen molar-refractivity contribution in [3.63, 3.8) is 0 Å². The number of carbonyl (C=O) groups is 2. The van der Waals surface area contributed by atoms with Crippen molar-refractivity contribution in [1.82, 2.24) is 9.91 Å². The molecule has 0 saturated heterocycles. The summed E-state index contributed by atoms with van der Waals surface area (Å²) in [7, 11) is 1.49. The van der Waals surface area contributed by atoms with Crippen LogP contribution in [0.5, 0.6) is 0 Å². The zero-order chi connectivity index (χ0) is 14.3. The summed E-state index contributed by atoms with van der Waals surface area (Å²) in [4.78, 5) is 23.9. The van der Waals surface area contributed by atoms with Crippen LogP contribution in [0.1, 0.15) is 32.1 Å². The summed E-state index contributed by atoms with van der Waals surface area (Å²) >= 11 is 0. The average molecular weight is 279 g/mol. The highest BCUT2D eigenvalue weighted by atomic mass is 16.4. The van der Waals surface area contributed by atoms with Crippen molar-refractivity contribution in [3.8, 4) is 0 Å². The largest absolute Gasteiger partial charge is 0.465 e. The van der Waals surface area contributed by atoms with E-state index in [1.54, 1.807) is 5.01 Å². The molecule has 0 aromatic heterocycles. The summed E-state index contributed by atoms with van der Waals surface area (Å²) in [5.41, 5.74) is 0.656. The van der Waals surface area contributed by atoms with E-state index in [0.29, 0.717) is 11.6 Å². The predicted molar refractivity (Wildman–Crippen MR) is 73.4 cm³/mol. The summed E-state index contributed by atoms with van der Waals surface area (Å²) in [6, 6.07) is 0. The number of hydrogen-bond acceptors (Lipinski definition) is 3. The number of carboxylic acid groups (broad SMARTS) is 1. The van der Waals surface area contributed by atoms with Gasteiger partial charge in [0.2, 0.25) is 5.91 Å². The summed E-state index contributed by atoms with van der Waals surface area (Å²) in [6.45, 7) is 0.939. The standard InChI is InChI=1S/C14H21N3O3/c1-16(14(19)20)8-12-6-13(18)17(15-12)7-11-5-9-2-3-10(11)4-9/h9-11H,2-8H2,1H3,(H,19,20). The van der Waals surface area contributed by atoms with Crippen molar-refractivity contribution in [2.45, 2.75) is 32.1 Å². The van der Waals surface area contributed by atoms with Gasteiger partial charge in [0.1, 0.15) is 0 Å². The van der Waals surface area contributed by atoms with Gasteiger partial charge in [-0.1, -0.05) is 6.42 Å². The maximum atomic E-state index is 12.0. The molecule has 2 aliphatic carbocycles. The lowest BCUT2D eigenvalue weighted by Gasteiger charge is -2.24. The van der Waals surface area contributed by atoms with Gasteiger partial charge in [-0.05, 0) is 37.0 Å². The average Bonchev–Trinajstić information content (AvgIpc) is 3.06. The lowest BCUT2D eigenvalue weighted by Crippen LogP contribution is -2.30. The molecule has 2 bridgehead atoms. The Morgan fingerprint density at radius 2 is 2.25 bits per heavy atom. The molecule has 2 fully saturated rings. The van der Waals surface area contributed by atoms with Gasteiger partial charge in [0, 0.05) is 13.6 Å². The van der Waals surface area contributed by atoms with Gasteiger partial charge >= 0.3 is 6.09 Å². The first-order valence-electron chi connectivity index (χ1n) is 7.33. The van der Waals surface area contributed by atoms with Crippen molar-refractivity contribution >= 4 is 17.7 Å². The molecule has 3 rings (SSSR count). The molecule has 1 aliphatic heterocycles. The second-order valence-corrected chi connectivity index (χ2v) is 6.39. The second kappa shape index (κ2) is 5.07. The Labute approximate surface area is 118 Å². The van der Waals surface area contributed by atoms with Crippen LogP contribution >= 0.6 is 0 Å². The Balaban J connectivity index is 1.58. The van der Waals surface area contributed by atoms with Crippen LogP contribution in [0, 0.1) is 17.8 Å². The molecule has 6 nitrogen and oxygen atoms in total. The molecule has 0 aromatic rings.